The Morgan fingerprint density at radius 2 is 2.07 bits per heavy atom. The number of halogens is 1. The van der Waals surface area contributed by atoms with Gasteiger partial charge in [0.15, 0.2) is 4.90 Å². The first kappa shape index (κ1) is 11.3. The van der Waals surface area contributed by atoms with Gasteiger partial charge in [-0.2, -0.15) is 0 Å². The van der Waals surface area contributed by atoms with Crippen LogP contribution < -0.4 is 0 Å². The Kier molecular flexibility index (Phi) is 2.85. The molecule has 0 saturated heterocycles. The zero-order chi connectivity index (χ0) is 11.6. The lowest BCUT2D eigenvalue weighted by Crippen LogP contribution is -2.04. The Balaban J connectivity index is 3.66. The van der Waals surface area contributed by atoms with Crippen LogP contribution in [0.3, 0.4) is 0 Å². The van der Waals surface area contributed by atoms with E-state index in [0.29, 0.717) is 5.41 Å². The van der Waals surface area contributed by atoms with Crippen LogP contribution in [0.1, 0.15) is 0 Å². The molecule has 0 N–H and O–H groups in total. The van der Waals surface area contributed by atoms with Crippen molar-refractivity contribution in [2.75, 3.05) is 0 Å². The Morgan fingerprint density at radius 3 is 2.53 bits per heavy atom. The summed E-state index contributed by atoms with van der Waals surface area (Å²) in [7, 11) is -4.16. The molecule has 5 nitrogen and oxygen atoms in total. The van der Waals surface area contributed by atoms with E-state index < -0.39 is 31.2 Å². The molecule has 0 aliphatic carbocycles. The summed E-state index contributed by atoms with van der Waals surface area (Å²) in [6.07, 6.45) is 0. The molecule has 0 bridgehead atoms. The van der Waals surface area contributed by atoms with Gasteiger partial charge in [0.25, 0.3) is 5.69 Å². The summed E-state index contributed by atoms with van der Waals surface area (Å²) in [4.78, 5) is 8.56. The van der Waals surface area contributed by atoms with Gasteiger partial charge in [0.05, 0.1) is 4.92 Å². The van der Waals surface area contributed by atoms with Crippen LogP contribution in [0.5, 0.6) is 0 Å². The first-order valence-corrected chi connectivity index (χ1v) is 5.25. The van der Waals surface area contributed by atoms with Crippen LogP contribution in [-0.2, 0) is 9.84 Å². The van der Waals surface area contributed by atoms with Crippen molar-refractivity contribution < 1.29 is 17.7 Å². The van der Waals surface area contributed by atoms with Crippen LogP contribution in [0.25, 0.3) is 0 Å². The highest BCUT2D eigenvalue weighted by atomic mass is 32.2. The van der Waals surface area contributed by atoms with Crippen LogP contribution in [0.2, 0.25) is 0 Å². The smallest absolute Gasteiger partial charge is 0.258 e. The van der Waals surface area contributed by atoms with E-state index in [2.05, 4.69) is 6.58 Å². The van der Waals surface area contributed by atoms with Gasteiger partial charge in [0.2, 0.25) is 9.84 Å². The van der Waals surface area contributed by atoms with Crippen molar-refractivity contribution in [2.24, 2.45) is 0 Å². The van der Waals surface area contributed by atoms with Crippen LogP contribution in [0.15, 0.2) is 35.1 Å². The number of benzene rings is 1. The normalized spacial score (nSPS) is 11.0. The van der Waals surface area contributed by atoms with Crippen LogP contribution >= 0.6 is 0 Å². The molecule has 15 heavy (non-hydrogen) atoms. The lowest BCUT2D eigenvalue weighted by Gasteiger charge is -2.01. The fourth-order valence-corrected chi connectivity index (χ4v) is 1.95. The predicted molar refractivity (Wildman–Crippen MR) is 50.4 cm³/mol. The molecule has 0 radical (unpaired) electrons. The predicted octanol–water partition coefficient (Wildman–Crippen LogP) is 1.65. The van der Waals surface area contributed by atoms with E-state index in [0.717, 1.165) is 18.2 Å². The van der Waals surface area contributed by atoms with Crippen molar-refractivity contribution in [3.63, 3.8) is 0 Å². The average molecular weight is 231 g/mol. The Morgan fingerprint density at radius 1 is 1.47 bits per heavy atom. The summed E-state index contributed by atoms with van der Waals surface area (Å²) < 4.78 is 35.7. The van der Waals surface area contributed by atoms with Gasteiger partial charge in [-0.15, -0.1) is 0 Å². The third-order valence-corrected chi connectivity index (χ3v) is 3.06. The molecule has 0 aliphatic rings. The molecule has 0 amide bonds. The third kappa shape index (κ3) is 2.01. The fourth-order valence-electron chi connectivity index (χ4n) is 1.01. The standard InChI is InChI=1S/C8H6FNO4S/c1-2-15(13,14)8-6(9)4-3-5-7(8)10(11)12/h2-5H,1H2. The van der Waals surface area contributed by atoms with Crippen molar-refractivity contribution >= 4 is 15.5 Å². The molecule has 0 heterocycles. The first-order chi connectivity index (χ1) is 6.90. The van der Waals surface area contributed by atoms with Crippen LogP contribution in [0.4, 0.5) is 10.1 Å². The molecule has 7 heteroatoms. The zero-order valence-corrected chi connectivity index (χ0v) is 8.20. The van der Waals surface area contributed by atoms with E-state index >= 15 is 0 Å². The van der Waals surface area contributed by atoms with Crippen molar-refractivity contribution in [1.29, 1.82) is 0 Å². The van der Waals surface area contributed by atoms with E-state index in [4.69, 9.17) is 0 Å². The van der Waals surface area contributed by atoms with Crippen LogP contribution in [0, 0.1) is 15.9 Å². The van der Waals surface area contributed by atoms with Gasteiger partial charge in [-0.25, -0.2) is 12.8 Å². The lowest BCUT2D eigenvalue weighted by atomic mass is 10.3. The molecule has 0 fully saturated rings. The molecule has 1 aromatic rings. The molecule has 1 rings (SSSR count). The minimum Gasteiger partial charge on any atom is -0.258 e. The topological polar surface area (TPSA) is 77.3 Å². The first-order valence-electron chi connectivity index (χ1n) is 3.70. The lowest BCUT2D eigenvalue weighted by molar-refractivity contribution is -0.388. The van der Waals surface area contributed by atoms with Gasteiger partial charge in [-0.05, 0) is 6.07 Å². The third-order valence-electron chi connectivity index (χ3n) is 1.65. The molecule has 0 unspecified atom stereocenters. The molecule has 0 atom stereocenters. The highest BCUT2D eigenvalue weighted by molar-refractivity contribution is 7.94. The molecule has 80 valence electrons. The second-order valence-corrected chi connectivity index (χ2v) is 4.39. The van der Waals surface area contributed by atoms with Gasteiger partial charge in [0, 0.05) is 11.5 Å². The fraction of sp³-hybridized carbons (Fsp3) is 0. The number of nitro benzene ring substituents is 1. The maximum Gasteiger partial charge on any atom is 0.291 e. The minimum absolute atomic E-state index is 0.471. The SMILES string of the molecule is C=CS(=O)(=O)c1c(F)cccc1[N+](=O)[O-]. The average Bonchev–Trinajstić information content (AvgIpc) is 2.17. The van der Waals surface area contributed by atoms with Gasteiger partial charge in [-0.3, -0.25) is 10.1 Å². The van der Waals surface area contributed by atoms with E-state index in [1.54, 1.807) is 0 Å². The second-order valence-electron chi connectivity index (χ2n) is 2.56. The molecule has 0 saturated carbocycles. The van der Waals surface area contributed by atoms with E-state index in [9.17, 15) is 22.9 Å². The van der Waals surface area contributed by atoms with Crippen molar-refractivity contribution in [3.05, 3.63) is 46.1 Å². The number of rotatable bonds is 3. The number of sulfone groups is 1. The minimum atomic E-state index is -4.16. The highest BCUT2D eigenvalue weighted by Crippen LogP contribution is 2.27. The van der Waals surface area contributed by atoms with E-state index in [1.165, 1.54) is 0 Å². The second kappa shape index (κ2) is 3.77. The maximum absolute atomic E-state index is 13.2. The summed E-state index contributed by atoms with van der Waals surface area (Å²) in [5.74, 6) is -1.16. The summed E-state index contributed by atoms with van der Waals surface area (Å²) in [6.45, 7) is 2.97. The quantitative estimate of drug-likeness (QED) is 0.585. The molecule has 0 spiro atoms. The Hall–Kier alpha value is -1.76. The number of nitrogens with zero attached hydrogens (tertiary/aromatic N) is 1. The largest absolute Gasteiger partial charge is 0.291 e. The molecule has 0 aromatic heterocycles. The summed E-state index contributed by atoms with van der Waals surface area (Å²) in [5.41, 5.74) is -0.796. The van der Waals surface area contributed by atoms with Crippen molar-refractivity contribution in [2.45, 2.75) is 4.90 Å². The molecule has 0 aliphatic heterocycles. The maximum atomic E-state index is 13.2. The Bertz CT molecular complexity index is 523. The highest BCUT2D eigenvalue weighted by Gasteiger charge is 2.27. The summed E-state index contributed by atoms with van der Waals surface area (Å²) in [5, 5.41) is 10.9. The van der Waals surface area contributed by atoms with Crippen molar-refractivity contribution in [1.82, 2.24) is 0 Å². The van der Waals surface area contributed by atoms with E-state index in [1.807, 2.05) is 0 Å². The summed E-state index contributed by atoms with van der Waals surface area (Å²) in [6, 6.07) is 2.82. The zero-order valence-electron chi connectivity index (χ0n) is 7.38. The van der Waals surface area contributed by atoms with Crippen molar-refractivity contribution in [3.8, 4) is 0 Å². The monoisotopic (exact) mass is 231 g/mol. The number of nitro groups is 1. The number of hydrogen-bond donors (Lipinski definition) is 0. The van der Waals surface area contributed by atoms with Gasteiger partial charge in [0.1, 0.15) is 5.82 Å². The molecular weight excluding hydrogens is 225 g/mol. The molecule has 1 aromatic carbocycles. The van der Waals surface area contributed by atoms with Gasteiger partial charge in [-0.1, -0.05) is 12.6 Å². The van der Waals surface area contributed by atoms with E-state index in [-0.39, 0.29) is 0 Å². The number of hydrogen-bond acceptors (Lipinski definition) is 4. The van der Waals surface area contributed by atoms with Crippen LogP contribution in [-0.4, -0.2) is 13.3 Å². The Labute approximate surface area is 84.9 Å². The summed E-state index contributed by atoms with van der Waals surface area (Å²) >= 11 is 0. The molecular formula is C8H6FNO4S. The van der Waals surface area contributed by atoms with Gasteiger partial charge >= 0.3 is 0 Å². The van der Waals surface area contributed by atoms with Gasteiger partial charge < -0.3 is 0 Å².